The summed E-state index contributed by atoms with van der Waals surface area (Å²) >= 11 is 18.2. The molecule has 34 heavy (non-hydrogen) atoms. The van der Waals surface area contributed by atoms with Crippen molar-refractivity contribution in [1.29, 1.82) is 0 Å². The number of methoxy groups -OCH3 is 1. The fourth-order valence-corrected chi connectivity index (χ4v) is 3.49. The van der Waals surface area contributed by atoms with Crippen LogP contribution in [0, 0.1) is 0 Å². The highest BCUT2D eigenvalue weighted by Gasteiger charge is 2.16. The number of ether oxygens (including phenoxy) is 2. The highest BCUT2D eigenvalue weighted by Crippen LogP contribution is 2.30. The molecule has 1 heterocycles. The molecule has 0 fully saturated rings. The zero-order valence-electron chi connectivity index (χ0n) is 18.0. The van der Waals surface area contributed by atoms with Crippen molar-refractivity contribution in [2.24, 2.45) is 0 Å². The van der Waals surface area contributed by atoms with Gasteiger partial charge in [0, 0.05) is 28.9 Å². The number of carbonyl (C=O) groups excluding carboxylic acids is 1. The number of halogens is 3. The Kier molecular flexibility index (Phi) is 7.70. The molecule has 0 unspecified atom stereocenters. The van der Waals surface area contributed by atoms with Gasteiger partial charge in [0.1, 0.15) is 6.61 Å². The minimum atomic E-state index is -0.240. The van der Waals surface area contributed by atoms with E-state index < -0.39 is 0 Å². The Morgan fingerprint density at radius 2 is 1.68 bits per heavy atom. The van der Waals surface area contributed by atoms with E-state index in [0.29, 0.717) is 56.6 Å². The minimum Gasteiger partial charge on any atom is -0.460 e. The molecule has 0 atom stereocenters. The second kappa shape index (κ2) is 10.9. The molecular formula is C24H19Cl3N4O3. The summed E-state index contributed by atoms with van der Waals surface area (Å²) in [6, 6.07) is 19.2. The molecule has 0 spiro atoms. The number of nitrogens with one attached hydrogen (secondary N) is 1. The quantitative estimate of drug-likeness (QED) is 0.283. The number of anilines is 1. The summed E-state index contributed by atoms with van der Waals surface area (Å²) in [5.74, 6) is 0.277. The average molecular weight is 518 g/mol. The topological polar surface area (TPSA) is 78.3 Å². The van der Waals surface area contributed by atoms with Gasteiger partial charge in [-0.1, -0.05) is 34.8 Å². The predicted molar refractivity (Wildman–Crippen MR) is 134 cm³/mol. The molecule has 10 heteroatoms. The van der Waals surface area contributed by atoms with E-state index >= 15 is 0 Å². The Bertz CT molecular complexity index is 1290. The Balaban J connectivity index is 1.61. The van der Waals surface area contributed by atoms with Crippen LogP contribution < -0.4 is 10.1 Å². The maximum Gasteiger partial charge on any atom is 0.336 e. The van der Waals surface area contributed by atoms with Gasteiger partial charge in [-0.25, -0.2) is 4.68 Å². The van der Waals surface area contributed by atoms with Gasteiger partial charge < -0.3 is 14.8 Å². The Hall–Kier alpha value is -3.10. The van der Waals surface area contributed by atoms with E-state index in [1.54, 1.807) is 66.4 Å². The van der Waals surface area contributed by atoms with E-state index in [2.05, 4.69) is 15.4 Å². The van der Waals surface area contributed by atoms with Crippen molar-refractivity contribution >= 4 is 46.4 Å². The number of carbonyl (C=O) groups is 1. The number of rotatable bonds is 8. The van der Waals surface area contributed by atoms with Crippen molar-refractivity contribution in [3.05, 3.63) is 87.4 Å². The largest absolute Gasteiger partial charge is 0.460 e. The molecule has 7 nitrogen and oxygen atoms in total. The average Bonchev–Trinajstić information content (AvgIpc) is 3.26. The molecule has 174 valence electrons. The number of amides is 1. The molecule has 3 aromatic carbocycles. The Morgan fingerprint density at radius 3 is 2.35 bits per heavy atom. The van der Waals surface area contributed by atoms with Gasteiger partial charge in [0.15, 0.2) is 5.82 Å². The fourth-order valence-electron chi connectivity index (χ4n) is 3.06. The monoisotopic (exact) mass is 516 g/mol. The first-order valence-corrected chi connectivity index (χ1v) is 11.3. The van der Waals surface area contributed by atoms with Crippen LogP contribution >= 0.6 is 34.8 Å². The second-order valence-electron chi connectivity index (χ2n) is 7.11. The standard InChI is InChI=1S/C24H19Cl3N4O3/c1-33-12-13-34-24-29-22(16-4-11-20(26)21(27)14-16)31(30-24)19-9-7-18(8-10-19)28-23(32)15-2-5-17(25)6-3-15/h2-11,14H,12-13H2,1H3,(H,28,32). The van der Waals surface area contributed by atoms with Crippen molar-refractivity contribution in [3.8, 4) is 23.1 Å². The molecule has 0 aliphatic rings. The summed E-state index contributed by atoms with van der Waals surface area (Å²) in [7, 11) is 1.59. The van der Waals surface area contributed by atoms with Crippen molar-refractivity contribution in [3.63, 3.8) is 0 Å². The third-order valence-corrected chi connectivity index (χ3v) is 5.75. The van der Waals surface area contributed by atoms with Crippen LogP contribution in [0.1, 0.15) is 10.4 Å². The summed E-state index contributed by atoms with van der Waals surface area (Å²) in [5, 5.41) is 8.74. The van der Waals surface area contributed by atoms with E-state index in [1.165, 1.54) is 0 Å². The van der Waals surface area contributed by atoms with E-state index in [9.17, 15) is 4.79 Å². The molecule has 0 radical (unpaired) electrons. The summed E-state index contributed by atoms with van der Waals surface area (Å²) in [6.45, 7) is 0.704. The molecular weight excluding hydrogens is 499 g/mol. The first-order valence-electron chi connectivity index (χ1n) is 10.2. The van der Waals surface area contributed by atoms with E-state index in [-0.39, 0.29) is 11.9 Å². The van der Waals surface area contributed by atoms with Crippen LogP contribution in [0.15, 0.2) is 66.7 Å². The second-order valence-corrected chi connectivity index (χ2v) is 8.36. The molecule has 1 aromatic heterocycles. The third-order valence-electron chi connectivity index (χ3n) is 4.76. The van der Waals surface area contributed by atoms with Crippen LogP contribution in [-0.4, -0.2) is 41.0 Å². The Morgan fingerprint density at radius 1 is 0.941 bits per heavy atom. The first kappa shape index (κ1) is 24.0. The van der Waals surface area contributed by atoms with Crippen LogP contribution in [0.25, 0.3) is 17.1 Å². The van der Waals surface area contributed by atoms with Gasteiger partial charge in [0.05, 0.1) is 22.3 Å². The van der Waals surface area contributed by atoms with E-state index in [4.69, 9.17) is 44.3 Å². The molecule has 1 N–H and O–H groups in total. The van der Waals surface area contributed by atoms with E-state index in [0.717, 1.165) is 0 Å². The van der Waals surface area contributed by atoms with Gasteiger partial charge >= 0.3 is 6.01 Å². The lowest BCUT2D eigenvalue weighted by Gasteiger charge is -2.09. The first-order chi connectivity index (χ1) is 16.4. The van der Waals surface area contributed by atoms with Gasteiger partial charge in [-0.05, 0) is 66.7 Å². The van der Waals surface area contributed by atoms with Gasteiger partial charge in [-0.2, -0.15) is 4.98 Å². The summed E-state index contributed by atoms with van der Waals surface area (Å²) < 4.78 is 12.3. The lowest BCUT2D eigenvalue weighted by atomic mass is 10.2. The lowest BCUT2D eigenvalue weighted by Crippen LogP contribution is -2.11. The summed E-state index contributed by atoms with van der Waals surface area (Å²) in [6.07, 6.45) is 0. The highest BCUT2D eigenvalue weighted by atomic mass is 35.5. The normalized spacial score (nSPS) is 10.8. The van der Waals surface area contributed by atoms with Crippen molar-refractivity contribution in [1.82, 2.24) is 14.8 Å². The number of nitrogens with zero attached hydrogens (tertiary/aromatic N) is 3. The SMILES string of the molecule is COCCOc1nc(-c2ccc(Cl)c(Cl)c2)n(-c2ccc(NC(=O)c3ccc(Cl)cc3)cc2)n1. The van der Waals surface area contributed by atoms with Crippen LogP contribution in [0.5, 0.6) is 6.01 Å². The van der Waals surface area contributed by atoms with Gasteiger partial charge in [0.25, 0.3) is 5.91 Å². The number of hydrogen-bond donors (Lipinski definition) is 1. The number of benzene rings is 3. The van der Waals surface area contributed by atoms with Crippen LogP contribution in [0.4, 0.5) is 5.69 Å². The van der Waals surface area contributed by atoms with Crippen molar-refractivity contribution < 1.29 is 14.3 Å². The molecule has 4 aromatic rings. The minimum absolute atomic E-state index is 0.193. The predicted octanol–water partition coefficient (Wildman–Crippen LogP) is 6.17. The molecule has 1 amide bonds. The van der Waals surface area contributed by atoms with Gasteiger partial charge in [-0.3, -0.25) is 4.79 Å². The van der Waals surface area contributed by atoms with Crippen LogP contribution in [0.2, 0.25) is 15.1 Å². The summed E-state index contributed by atoms with van der Waals surface area (Å²) in [5.41, 5.74) is 2.55. The highest BCUT2D eigenvalue weighted by molar-refractivity contribution is 6.42. The van der Waals surface area contributed by atoms with Crippen molar-refractivity contribution in [2.45, 2.75) is 0 Å². The van der Waals surface area contributed by atoms with Gasteiger partial charge in [-0.15, -0.1) is 5.10 Å². The molecule has 0 saturated heterocycles. The maximum atomic E-state index is 12.5. The van der Waals surface area contributed by atoms with Crippen LogP contribution in [0.3, 0.4) is 0 Å². The molecule has 0 aliphatic heterocycles. The number of hydrogen-bond acceptors (Lipinski definition) is 5. The zero-order chi connectivity index (χ0) is 24.1. The summed E-state index contributed by atoms with van der Waals surface area (Å²) in [4.78, 5) is 17.0. The molecule has 4 rings (SSSR count). The van der Waals surface area contributed by atoms with E-state index in [1.807, 2.05) is 12.1 Å². The Labute approximate surface area is 211 Å². The van der Waals surface area contributed by atoms with Crippen LogP contribution in [-0.2, 0) is 4.74 Å². The number of aromatic nitrogens is 3. The third kappa shape index (κ3) is 5.69. The zero-order valence-corrected chi connectivity index (χ0v) is 20.2. The smallest absolute Gasteiger partial charge is 0.336 e. The molecule has 0 aliphatic carbocycles. The van der Waals surface area contributed by atoms with Gasteiger partial charge in [0.2, 0.25) is 0 Å². The molecule has 0 bridgehead atoms. The molecule has 0 saturated carbocycles. The fraction of sp³-hybridized carbons (Fsp3) is 0.125. The van der Waals surface area contributed by atoms with Crippen molar-refractivity contribution in [2.75, 3.05) is 25.6 Å². The maximum absolute atomic E-state index is 12.5. The lowest BCUT2D eigenvalue weighted by molar-refractivity contribution is 0.102.